The molecule has 1 saturated carbocycles. The molecule has 1 fully saturated rings. The van der Waals surface area contributed by atoms with Crippen LogP contribution in [0.25, 0.3) is 0 Å². The summed E-state index contributed by atoms with van der Waals surface area (Å²) in [7, 11) is 0. The van der Waals surface area contributed by atoms with E-state index in [0.717, 1.165) is 25.0 Å². The van der Waals surface area contributed by atoms with E-state index in [1.165, 1.54) is 44.9 Å². The Labute approximate surface area is 114 Å². The van der Waals surface area contributed by atoms with Crippen molar-refractivity contribution < 1.29 is 4.74 Å². The molecule has 0 aromatic carbocycles. The highest BCUT2D eigenvalue weighted by Crippen LogP contribution is 2.33. The van der Waals surface area contributed by atoms with Crippen LogP contribution in [-0.2, 0) is 4.74 Å². The minimum atomic E-state index is 0.437. The highest BCUT2D eigenvalue weighted by molar-refractivity contribution is 4.81. The summed E-state index contributed by atoms with van der Waals surface area (Å²) in [5, 5.41) is 0. The number of hydrogen-bond acceptors (Lipinski definition) is 2. The first-order chi connectivity index (χ1) is 8.67. The normalized spacial score (nSPS) is 28.8. The number of nitrogens with two attached hydrogens (primary N) is 1. The van der Waals surface area contributed by atoms with Crippen molar-refractivity contribution in [2.24, 2.45) is 23.5 Å². The lowest BCUT2D eigenvalue weighted by Gasteiger charge is -2.35. The summed E-state index contributed by atoms with van der Waals surface area (Å²) < 4.78 is 6.13. The van der Waals surface area contributed by atoms with Crippen LogP contribution in [0.2, 0.25) is 0 Å². The van der Waals surface area contributed by atoms with Gasteiger partial charge in [-0.2, -0.15) is 0 Å². The van der Waals surface area contributed by atoms with Gasteiger partial charge in [-0.05, 0) is 56.4 Å². The van der Waals surface area contributed by atoms with Crippen molar-refractivity contribution in [1.82, 2.24) is 0 Å². The predicted molar refractivity (Wildman–Crippen MR) is 78.6 cm³/mol. The molecule has 0 aromatic heterocycles. The van der Waals surface area contributed by atoms with Crippen molar-refractivity contribution in [3.63, 3.8) is 0 Å². The van der Waals surface area contributed by atoms with Gasteiger partial charge in [-0.3, -0.25) is 0 Å². The van der Waals surface area contributed by atoms with E-state index in [4.69, 9.17) is 10.5 Å². The summed E-state index contributed by atoms with van der Waals surface area (Å²) in [5.41, 5.74) is 5.89. The third-order valence-electron chi connectivity index (χ3n) is 4.29. The molecule has 1 aliphatic carbocycles. The molecule has 3 atom stereocenters. The second kappa shape index (κ2) is 8.92. The maximum absolute atomic E-state index is 6.13. The van der Waals surface area contributed by atoms with Crippen LogP contribution < -0.4 is 5.73 Å². The largest absolute Gasteiger partial charge is 0.378 e. The van der Waals surface area contributed by atoms with Gasteiger partial charge in [0, 0.05) is 6.61 Å². The van der Waals surface area contributed by atoms with E-state index in [0.29, 0.717) is 12.0 Å². The minimum absolute atomic E-state index is 0.437. The average Bonchev–Trinajstić information content (AvgIpc) is 2.35. The lowest BCUT2D eigenvalue weighted by Crippen LogP contribution is -2.36. The van der Waals surface area contributed by atoms with Gasteiger partial charge in [0.05, 0.1) is 6.10 Å². The quantitative estimate of drug-likeness (QED) is 0.666. The zero-order valence-corrected chi connectivity index (χ0v) is 12.7. The van der Waals surface area contributed by atoms with E-state index in [2.05, 4.69) is 20.8 Å². The molecule has 2 heteroatoms. The van der Waals surface area contributed by atoms with E-state index < -0.39 is 0 Å². The fourth-order valence-electron chi connectivity index (χ4n) is 3.14. The van der Waals surface area contributed by atoms with Crippen molar-refractivity contribution in [1.29, 1.82) is 0 Å². The topological polar surface area (TPSA) is 35.2 Å². The van der Waals surface area contributed by atoms with Crippen LogP contribution in [0.3, 0.4) is 0 Å². The Balaban J connectivity index is 2.28. The minimum Gasteiger partial charge on any atom is -0.378 e. The zero-order valence-electron chi connectivity index (χ0n) is 12.7. The predicted octanol–water partition coefficient (Wildman–Crippen LogP) is 3.98. The van der Waals surface area contributed by atoms with Crippen molar-refractivity contribution in [2.75, 3.05) is 13.2 Å². The molecule has 0 bridgehead atoms. The second-order valence-electron chi connectivity index (χ2n) is 6.41. The van der Waals surface area contributed by atoms with Gasteiger partial charge in [0.25, 0.3) is 0 Å². The molecule has 0 radical (unpaired) electrons. The molecule has 2 nitrogen and oxygen atoms in total. The molecule has 18 heavy (non-hydrogen) atoms. The SMILES string of the molecule is CCCC1CCC(CN)C(OCCCC(C)C)C1. The first-order valence-electron chi connectivity index (χ1n) is 7.99. The Bertz CT molecular complexity index is 205. The smallest absolute Gasteiger partial charge is 0.0617 e. The molecule has 0 spiro atoms. The van der Waals surface area contributed by atoms with Crippen LogP contribution in [0.1, 0.15) is 65.7 Å². The van der Waals surface area contributed by atoms with Crippen molar-refractivity contribution >= 4 is 0 Å². The fourth-order valence-corrected chi connectivity index (χ4v) is 3.14. The van der Waals surface area contributed by atoms with Crippen LogP contribution >= 0.6 is 0 Å². The molecule has 0 aromatic rings. The Morgan fingerprint density at radius 2 is 2.06 bits per heavy atom. The molecule has 0 heterocycles. The Hall–Kier alpha value is -0.0800. The van der Waals surface area contributed by atoms with Gasteiger partial charge in [-0.25, -0.2) is 0 Å². The van der Waals surface area contributed by atoms with Crippen molar-refractivity contribution in [3.8, 4) is 0 Å². The fraction of sp³-hybridized carbons (Fsp3) is 1.00. The molecule has 0 aliphatic heterocycles. The van der Waals surface area contributed by atoms with Gasteiger partial charge >= 0.3 is 0 Å². The second-order valence-corrected chi connectivity index (χ2v) is 6.41. The Morgan fingerprint density at radius 3 is 2.67 bits per heavy atom. The molecular formula is C16H33NO. The molecular weight excluding hydrogens is 222 g/mol. The van der Waals surface area contributed by atoms with E-state index >= 15 is 0 Å². The third kappa shape index (κ3) is 5.71. The first kappa shape index (κ1) is 16.0. The van der Waals surface area contributed by atoms with Gasteiger partial charge in [0.2, 0.25) is 0 Å². The first-order valence-corrected chi connectivity index (χ1v) is 7.99. The average molecular weight is 255 g/mol. The van der Waals surface area contributed by atoms with Crippen LogP contribution in [-0.4, -0.2) is 19.3 Å². The van der Waals surface area contributed by atoms with E-state index in [9.17, 15) is 0 Å². The molecule has 108 valence electrons. The van der Waals surface area contributed by atoms with Gasteiger partial charge < -0.3 is 10.5 Å². The van der Waals surface area contributed by atoms with Crippen molar-refractivity contribution in [3.05, 3.63) is 0 Å². The highest BCUT2D eigenvalue weighted by Gasteiger charge is 2.29. The lowest BCUT2D eigenvalue weighted by atomic mass is 9.78. The van der Waals surface area contributed by atoms with E-state index in [1.54, 1.807) is 0 Å². The number of ether oxygens (including phenoxy) is 1. The molecule has 3 unspecified atom stereocenters. The summed E-state index contributed by atoms with van der Waals surface area (Å²) in [5.74, 6) is 2.28. The lowest BCUT2D eigenvalue weighted by molar-refractivity contribution is -0.0263. The van der Waals surface area contributed by atoms with Crippen LogP contribution in [0.15, 0.2) is 0 Å². The van der Waals surface area contributed by atoms with Gasteiger partial charge in [0.1, 0.15) is 0 Å². The summed E-state index contributed by atoms with van der Waals surface area (Å²) in [4.78, 5) is 0. The van der Waals surface area contributed by atoms with Crippen LogP contribution in [0.4, 0.5) is 0 Å². The Kier molecular flexibility index (Phi) is 7.92. The van der Waals surface area contributed by atoms with Gasteiger partial charge in [-0.15, -0.1) is 0 Å². The van der Waals surface area contributed by atoms with E-state index in [-0.39, 0.29) is 0 Å². The Morgan fingerprint density at radius 1 is 1.28 bits per heavy atom. The van der Waals surface area contributed by atoms with E-state index in [1.807, 2.05) is 0 Å². The van der Waals surface area contributed by atoms with Crippen LogP contribution in [0.5, 0.6) is 0 Å². The van der Waals surface area contributed by atoms with Crippen LogP contribution in [0, 0.1) is 17.8 Å². The third-order valence-corrected chi connectivity index (χ3v) is 4.29. The summed E-state index contributed by atoms with van der Waals surface area (Å²) in [6.45, 7) is 8.57. The number of hydrogen-bond donors (Lipinski definition) is 1. The van der Waals surface area contributed by atoms with Crippen molar-refractivity contribution in [2.45, 2.75) is 71.8 Å². The monoisotopic (exact) mass is 255 g/mol. The summed E-state index contributed by atoms with van der Waals surface area (Å²) in [6.07, 6.45) is 9.46. The molecule has 2 N–H and O–H groups in total. The van der Waals surface area contributed by atoms with Gasteiger partial charge in [-0.1, -0.05) is 33.6 Å². The standard InChI is InChI=1S/C16H33NO/c1-4-6-14-8-9-15(12-17)16(11-14)18-10-5-7-13(2)3/h13-16H,4-12,17H2,1-3H3. The molecule has 0 saturated heterocycles. The highest BCUT2D eigenvalue weighted by atomic mass is 16.5. The zero-order chi connectivity index (χ0) is 13.4. The number of rotatable bonds is 8. The maximum atomic E-state index is 6.13. The summed E-state index contributed by atoms with van der Waals surface area (Å²) in [6, 6.07) is 0. The maximum Gasteiger partial charge on any atom is 0.0617 e. The molecule has 1 rings (SSSR count). The summed E-state index contributed by atoms with van der Waals surface area (Å²) >= 11 is 0. The van der Waals surface area contributed by atoms with Gasteiger partial charge in [0.15, 0.2) is 0 Å². The molecule has 1 aliphatic rings. The molecule has 0 amide bonds.